The lowest BCUT2D eigenvalue weighted by Gasteiger charge is -2.04. The number of nitrogens with zero attached hydrogens (tertiary/aromatic N) is 1. The summed E-state index contributed by atoms with van der Waals surface area (Å²) in [6, 6.07) is 5.25. The van der Waals surface area contributed by atoms with Crippen LogP contribution in [-0.4, -0.2) is 4.92 Å². The van der Waals surface area contributed by atoms with Gasteiger partial charge in [-0.25, -0.2) is 0 Å². The van der Waals surface area contributed by atoms with Crippen molar-refractivity contribution < 1.29 is 4.92 Å². The first kappa shape index (κ1) is 10.4. The summed E-state index contributed by atoms with van der Waals surface area (Å²) in [5.74, 6) is 0. The summed E-state index contributed by atoms with van der Waals surface area (Å²) in [6.45, 7) is 1.94. The van der Waals surface area contributed by atoms with Gasteiger partial charge >= 0.3 is 0 Å². The summed E-state index contributed by atoms with van der Waals surface area (Å²) in [4.78, 5) is 10.3. The largest absolute Gasteiger partial charge is 0.272 e. The van der Waals surface area contributed by atoms with Crippen molar-refractivity contribution in [3.63, 3.8) is 0 Å². The molecule has 0 aliphatic heterocycles. The average Bonchev–Trinajstić information content (AvgIpc) is 2.16. The quantitative estimate of drug-likeness (QED) is 0.372. The second kappa shape index (κ2) is 4.55. The minimum Gasteiger partial charge on any atom is -0.258 e. The van der Waals surface area contributed by atoms with Crippen molar-refractivity contribution in [2.75, 3.05) is 0 Å². The molecule has 3 nitrogen and oxygen atoms in total. The lowest BCUT2D eigenvalue weighted by Crippen LogP contribution is -1.97. The van der Waals surface area contributed by atoms with Crippen LogP contribution in [0.2, 0.25) is 0 Å². The van der Waals surface area contributed by atoms with Crippen LogP contribution in [0.5, 0.6) is 0 Å². The number of halogens is 1. The predicted octanol–water partition coefficient (Wildman–Crippen LogP) is 3.09. The molecule has 0 atom stereocenters. The number of benzene rings is 1. The first-order valence-corrected chi connectivity index (χ1v) is 5.54. The molecule has 0 aromatic heterocycles. The van der Waals surface area contributed by atoms with Gasteiger partial charge in [-0.3, -0.25) is 10.1 Å². The molecular formula is C9H10INO2. The van der Waals surface area contributed by atoms with Crippen LogP contribution in [0.15, 0.2) is 18.2 Å². The van der Waals surface area contributed by atoms with E-state index in [0.717, 1.165) is 22.0 Å². The van der Waals surface area contributed by atoms with E-state index in [1.807, 2.05) is 13.0 Å². The van der Waals surface area contributed by atoms with Crippen molar-refractivity contribution in [2.45, 2.75) is 17.8 Å². The number of rotatable bonds is 3. The first-order chi connectivity index (χ1) is 6.20. The van der Waals surface area contributed by atoms with Crippen LogP contribution in [0.25, 0.3) is 0 Å². The zero-order chi connectivity index (χ0) is 9.84. The number of nitro benzene ring substituents is 1. The zero-order valence-corrected chi connectivity index (χ0v) is 9.45. The number of nitro groups is 1. The van der Waals surface area contributed by atoms with Gasteiger partial charge in [-0.2, -0.15) is 0 Å². The lowest BCUT2D eigenvalue weighted by molar-refractivity contribution is -0.385. The third-order valence-corrected chi connectivity index (χ3v) is 2.76. The van der Waals surface area contributed by atoms with Crippen molar-refractivity contribution in [3.8, 4) is 0 Å². The molecule has 0 aliphatic carbocycles. The summed E-state index contributed by atoms with van der Waals surface area (Å²) in [5, 5.41) is 10.7. The van der Waals surface area contributed by atoms with Crippen molar-refractivity contribution >= 4 is 28.3 Å². The Hall–Kier alpha value is -0.650. The molecule has 0 saturated carbocycles. The summed E-state index contributed by atoms with van der Waals surface area (Å²) in [5.41, 5.74) is 2.18. The highest BCUT2D eigenvalue weighted by molar-refractivity contribution is 14.1. The van der Waals surface area contributed by atoms with Gasteiger partial charge in [-0.05, 0) is 12.0 Å². The average molecular weight is 291 g/mol. The van der Waals surface area contributed by atoms with Crippen molar-refractivity contribution in [2.24, 2.45) is 0 Å². The Morgan fingerprint density at radius 3 is 2.69 bits per heavy atom. The lowest BCUT2D eigenvalue weighted by atomic mass is 10.0. The van der Waals surface area contributed by atoms with Crippen LogP contribution in [0.3, 0.4) is 0 Å². The van der Waals surface area contributed by atoms with E-state index in [9.17, 15) is 10.1 Å². The van der Waals surface area contributed by atoms with E-state index in [1.165, 1.54) is 0 Å². The maximum absolute atomic E-state index is 10.7. The highest BCUT2D eigenvalue weighted by atomic mass is 127. The molecule has 0 bridgehead atoms. The first-order valence-electron chi connectivity index (χ1n) is 4.01. The number of hydrogen-bond acceptors (Lipinski definition) is 2. The van der Waals surface area contributed by atoms with Gasteiger partial charge in [-0.1, -0.05) is 41.6 Å². The normalized spacial score (nSPS) is 10.0. The monoisotopic (exact) mass is 291 g/mol. The third kappa shape index (κ3) is 2.18. The molecule has 1 rings (SSSR count). The molecule has 0 aliphatic rings. The van der Waals surface area contributed by atoms with E-state index in [4.69, 9.17) is 0 Å². The van der Waals surface area contributed by atoms with Crippen LogP contribution in [0.4, 0.5) is 5.69 Å². The minimum absolute atomic E-state index is 0.247. The Kier molecular flexibility index (Phi) is 3.65. The van der Waals surface area contributed by atoms with E-state index in [1.54, 1.807) is 12.1 Å². The van der Waals surface area contributed by atoms with Gasteiger partial charge < -0.3 is 0 Å². The fraction of sp³-hybridized carbons (Fsp3) is 0.333. The summed E-state index contributed by atoms with van der Waals surface area (Å²) < 4.78 is 0.822. The molecule has 4 heteroatoms. The molecule has 1 aromatic rings. The number of alkyl halides is 1. The maximum Gasteiger partial charge on any atom is 0.272 e. The Morgan fingerprint density at radius 1 is 1.54 bits per heavy atom. The van der Waals surface area contributed by atoms with Crippen LogP contribution in [-0.2, 0) is 10.8 Å². The molecular weight excluding hydrogens is 281 g/mol. The standard InChI is InChI=1S/C9H10INO2/c1-2-8-7(6-10)4-3-5-9(8)11(12)13/h3-5H,2,6H2,1H3. The topological polar surface area (TPSA) is 43.1 Å². The Labute approximate surface area is 90.4 Å². The molecule has 0 spiro atoms. The van der Waals surface area contributed by atoms with Crippen molar-refractivity contribution in [1.29, 1.82) is 0 Å². The molecule has 0 unspecified atom stereocenters. The highest BCUT2D eigenvalue weighted by Gasteiger charge is 2.14. The Bertz CT molecular complexity index is 325. The minimum atomic E-state index is -0.311. The summed E-state index contributed by atoms with van der Waals surface area (Å²) >= 11 is 2.22. The summed E-state index contributed by atoms with van der Waals surface area (Å²) in [6.07, 6.45) is 0.718. The third-order valence-electron chi connectivity index (χ3n) is 1.94. The SMILES string of the molecule is CCc1c(CI)cccc1[N+](=O)[O-]. The Balaban J connectivity index is 3.27. The molecule has 70 valence electrons. The second-order valence-corrected chi connectivity index (χ2v) is 3.42. The van der Waals surface area contributed by atoms with E-state index in [2.05, 4.69) is 22.6 Å². The van der Waals surface area contributed by atoms with Gasteiger partial charge in [-0.15, -0.1) is 0 Å². The molecule has 0 radical (unpaired) electrons. The van der Waals surface area contributed by atoms with Gasteiger partial charge in [0.1, 0.15) is 0 Å². The molecule has 0 N–H and O–H groups in total. The van der Waals surface area contributed by atoms with Gasteiger partial charge in [0.2, 0.25) is 0 Å². The zero-order valence-electron chi connectivity index (χ0n) is 7.29. The van der Waals surface area contributed by atoms with Gasteiger partial charge in [0.15, 0.2) is 0 Å². The fourth-order valence-corrected chi connectivity index (χ4v) is 2.04. The molecule has 13 heavy (non-hydrogen) atoms. The fourth-order valence-electron chi connectivity index (χ4n) is 1.33. The van der Waals surface area contributed by atoms with Crippen molar-refractivity contribution in [1.82, 2.24) is 0 Å². The molecule has 0 saturated heterocycles. The second-order valence-electron chi connectivity index (χ2n) is 2.66. The van der Waals surface area contributed by atoms with E-state index in [0.29, 0.717) is 0 Å². The molecule has 0 amide bonds. The Morgan fingerprint density at radius 2 is 2.23 bits per heavy atom. The van der Waals surface area contributed by atoms with E-state index < -0.39 is 0 Å². The molecule has 1 aromatic carbocycles. The van der Waals surface area contributed by atoms with E-state index >= 15 is 0 Å². The van der Waals surface area contributed by atoms with Gasteiger partial charge in [0.25, 0.3) is 5.69 Å². The summed E-state index contributed by atoms with van der Waals surface area (Å²) in [7, 11) is 0. The predicted molar refractivity (Wildman–Crippen MR) is 60.2 cm³/mol. The van der Waals surface area contributed by atoms with Crippen LogP contribution in [0.1, 0.15) is 18.1 Å². The van der Waals surface area contributed by atoms with Gasteiger partial charge in [0, 0.05) is 16.1 Å². The van der Waals surface area contributed by atoms with Crippen molar-refractivity contribution in [3.05, 3.63) is 39.4 Å². The maximum atomic E-state index is 10.7. The van der Waals surface area contributed by atoms with Crippen LogP contribution < -0.4 is 0 Å². The smallest absolute Gasteiger partial charge is 0.258 e. The molecule has 0 heterocycles. The van der Waals surface area contributed by atoms with E-state index in [-0.39, 0.29) is 10.6 Å². The van der Waals surface area contributed by atoms with Gasteiger partial charge in [0.05, 0.1) is 4.92 Å². The molecule has 0 fully saturated rings. The highest BCUT2D eigenvalue weighted by Crippen LogP contribution is 2.24. The van der Waals surface area contributed by atoms with Crippen LogP contribution >= 0.6 is 22.6 Å². The van der Waals surface area contributed by atoms with Crippen LogP contribution in [0, 0.1) is 10.1 Å². The number of hydrogen-bond donors (Lipinski definition) is 0.